The molecule has 3 rings (SSSR count). The van der Waals surface area contributed by atoms with E-state index in [1.165, 1.54) is 11.9 Å². The second kappa shape index (κ2) is 4.90. The average Bonchev–Trinajstić information content (AvgIpc) is 2.57. The molecule has 1 aliphatic heterocycles. The number of halogens is 1. The van der Waals surface area contributed by atoms with E-state index in [4.69, 9.17) is 4.98 Å². The van der Waals surface area contributed by atoms with Gasteiger partial charge in [-0.15, -0.1) is 0 Å². The molecule has 0 bridgehead atoms. The SMILES string of the molecule is Cn1c(N2CCCNCC2)nc2c(Br)cccc21. The van der Waals surface area contributed by atoms with Crippen molar-refractivity contribution < 1.29 is 0 Å². The Hall–Kier alpha value is -1.07. The molecule has 1 fully saturated rings. The maximum Gasteiger partial charge on any atom is 0.206 e. The summed E-state index contributed by atoms with van der Waals surface area (Å²) in [6.45, 7) is 4.23. The van der Waals surface area contributed by atoms with Gasteiger partial charge < -0.3 is 14.8 Å². The van der Waals surface area contributed by atoms with Crippen molar-refractivity contribution in [2.75, 3.05) is 31.1 Å². The van der Waals surface area contributed by atoms with Gasteiger partial charge >= 0.3 is 0 Å². The normalized spacial score (nSPS) is 17.1. The minimum Gasteiger partial charge on any atom is -0.341 e. The molecule has 2 aromatic rings. The number of fused-ring (bicyclic) bond motifs is 1. The smallest absolute Gasteiger partial charge is 0.206 e. The summed E-state index contributed by atoms with van der Waals surface area (Å²) in [7, 11) is 2.09. The average molecular weight is 309 g/mol. The van der Waals surface area contributed by atoms with Crippen molar-refractivity contribution in [1.82, 2.24) is 14.9 Å². The summed E-state index contributed by atoms with van der Waals surface area (Å²) >= 11 is 3.58. The van der Waals surface area contributed by atoms with Gasteiger partial charge in [0, 0.05) is 31.2 Å². The molecule has 0 saturated carbocycles. The van der Waals surface area contributed by atoms with Gasteiger partial charge in [0.15, 0.2) is 0 Å². The highest BCUT2D eigenvalue weighted by Crippen LogP contribution is 2.27. The fourth-order valence-electron chi connectivity index (χ4n) is 2.50. The van der Waals surface area contributed by atoms with E-state index >= 15 is 0 Å². The van der Waals surface area contributed by atoms with Crippen molar-refractivity contribution in [2.45, 2.75) is 6.42 Å². The van der Waals surface area contributed by atoms with Crippen LogP contribution in [0.3, 0.4) is 0 Å². The molecule has 1 N–H and O–H groups in total. The molecule has 0 amide bonds. The fraction of sp³-hybridized carbons (Fsp3) is 0.462. The minimum atomic E-state index is 1.02. The number of nitrogens with zero attached hydrogens (tertiary/aromatic N) is 3. The van der Waals surface area contributed by atoms with Crippen molar-refractivity contribution in [3.8, 4) is 0 Å². The quantitative estimate of drug-likeness (QED) is 0.876. The minimum absolute atomic E-state index is 1.02. The first-order valence-electron chi connectivity index (χ1n) is 6.34. The van der Waals surface area contributed by atoms with E-state index in [0.717, 1.165) is 42.1 Å². The summed E-state index contributed by atoms with van der Waals surface area (Å²) in [5.41, 5.74) is 2.23. The maximum atomic E-state index is 4.79. The molecule has 96 valence electrons. The molecule has 1 saturated heterocycles. The topological polar surface area (TPSA) is 33.1 Å². The van der Waals surface area contributed by atoms with Crippen molar-refractivity contribution >= 4 is 32.9 Å². The highest BCUT2D eigenvalue weighted by molar-refractivity contribution is 9.10. The van der Waals surface area contributed by atoms with Crippen LogP contribution in [0.15, 0.2) is 22.7 Å². The number of imidazole rings is 1. The van der Waals surface area contributed by atoms with Crippen molar-refractivity contribution in [1.29, 1.82) is 0 Å². The van der Waals surface area contributed by atoms with Crippen molar-refractivity contribution in [3.63, 3.8) is 0 Å². The largest absolute Gasteiger partial charge is 0.341 e. The number of rotatable bonds is 1. The van der Waals surface area contributed by atoms with E-state index in [0.29, 0.717) is 0 Å². The molecule has 0 unspecified atom stereocenters. The van der Waals surface area contributed by atoms with Gasteiger partial charge in [-0.2, -0.15) is 0 Å². The lowest BCUT2D eigenvalue weighted by Gasteiger charge is -2.20. The van der Waals surface area contributed by atoms with Gasteiger partial charge in [0.25, 0.3) is 0 Å². The van der Waals surface area contributed by atoms with Gasteiger partial charge in [0.2, 0.25) is 5.95 Å². The summed E-state index contributed by atoms with van der Waals surface area (Å²) in [5, 5.41) is 3.42. The highest BCUT2D eigenvalue weighted by atomic mass is 79.9. The van der Waals surface area contributed by atoms with Crippen LogP contribution in [0.5, 0.6) is 0 Å². The molecule has 0 atom stereocenters. The number of nitrogens with one attached hydrogen (secondary N) is 1. The second-order valence-corrected chi connectivity index (χ2v) is 5.52. The Morgan fingerprint density at radius 1 is 1.28 bits per heavy atom. The first kappa shape index (κ1) is 12.0. The van der Waals surface area contributed by atoms with E-state index in [2.05, 4.69) is 49.9 Å². The number of anilines is 1. The Kier molecular flexibility index (Phi) is 3.26. The summed E-state index contributed by atoms with van der Waals surface area (Å²) in [6.07, 6.45) is 1.17. The van der Waals surface area contributed by atoms with Crippen LogP contribution in [-0.4, -0.2) is 35.7 Å². The standard InChI is InChI=1S/C13H17BrN4/c1-17-11-5-2-4-10(14)12(11)16-13(17)18-8-3-6-15-7-9-18/h2,4-5,15H,3,6-9H2,1H3. The molecule has 0 radical (unpaired) electrons. The van der Waals surface area contributed by atoms with Crippen LogP contribution < -0.4 is 10.2 Å². The molecular formula is C13H17BrN4. The Bertz CT molecular complexity index is 555. The molecular weight excluding hydrogens is 292 g/mol. The lowest BCUT2D eigenvalue weighted by molar-refractivity contribution is 0.724. The molecule has 0 spiro atoms. The van der Waals surface area contributed by atoms with Crippen LogP contribution >= 0.6 is 15.9 Å². The lowest BCUT2D eigenvalue weighted by atomic mass is 10.3. The van der Waals surface area contributed by atoms with Gasteiger partial charge in [-0.25, -0.2) is 4.98 Å². The van der Waals surface area contributed by atoms with Crippen molar-refractivity contribution in [3.05, 3.63) is 22.7 Å². The fourth-order valence-corrected chi connectivity index (χ4v) is 2.94. The zero-order valence-electron chi connectivity index (χ0n) is 10.5. The Morgan fingerprint density at radius 2 is 2.17 bits per heavy atom. The zero-order valence-corrected chi connectivity index (χ0v) is 12.1. The molecule has 2 heterocycles. The second-order valence-electron chi connectivity index (χ2n) is 4.67. The number of hydrogen-bond acceptors (Lipinski definition) is 3. The Balaban J connectivity index is 2.06. The number of benzene rings is 1. The summed E-state index contributed by atoms with van der Waals surface area (Å²) < 4.78 is 3.25. The van der Waals surface area contributed by atoms with Gasteiger partial charge in [-0.05, 0) is 41.0 Å². The molecule has 5 heteroatoms. The predicted molar refractivity (Wildman–Crippen MR) is 78.1 cm³/mol. The Morgan fingerprint density at radius 3 is 3.00 bits per heavy atom. The number of aromatic nitrogens is 2. The number of para-hydroxylation sites is 1. The molecule has 4 nitrogen and oxygen atoms in total. The van der Waals surface area contributed by atoms with Gasteiger partial charge in [0.1, 0.15) is 5.52 Å². The highest BCUT2D eigenvalue weighted by Gasteiger charge is 2.17. The van der Waals surface area contributed by atoms with Crippen LogP contribution in [0.25, 0.3) is 11.0 Å². The van der Waals surface area contributed by atoms with E-state index in [-0.39, 0.29) is 0 Å². The van der Waals surface area contributed by atoms with E-state index in [1.54, 1.807) is 0 Å². The van der Waals surface area contributed by atoms with E-state index in [1.807, 2.05) is 6.07 Å². The van der Waals surface area contributed by atoms with Gasteiger partial charge in [-0.1, -0.05) is 6.07 Å². The summed E-state index contributed by atoms with van der Waals surface area (Å²) in [5.74, 6) is 1.07. The third-order valence-electron chi connectivity index (χ3n) is 3.46. The summed E-state index contributed by atoms with van der Waals surface area (Å²) in [4.78, 5) is 7.16. The first-order valence-corrected chi connectivity index (χ1v) is 7.13. The van der Waals surface area contributed by atoms with Crippen LogP contribution in [0.4, 0.5) is 5.95 Å². The number of aryl methyl sites for hydroxylation is 1. The Labute approximate surface area is 115 Å². The molecule has 18 heavy (non-hydrogen) atoms. The third kappa shape index (κ3) is 2.01. The third-order valence-corrected chi connectivity index (χ3v) is 4.10. The maximum absolute atomic E-state index is 4.79. The lowest BCUT2D eigenvalue weighted by Crippen LogP contribution is -2.29. The van der Waals surface area contributed by atoms with Crippen LogP contribution in [-0.2, 0) is 7.05 Å². The predicted octanol–water partition coefficient (Wildman–Crippen LogP) is 2.14. The van der Waals surface area contributed by atoms with Crippen molar-refractivity contribution in [2.24, 2.45) is 7.05 Å². The number of hydrogen-bond donors (Lipinski definition) is 1. The summed E-state index contributed by atoms with van der Waals surface area (Å²) in [6, 6.07) is 6.22. The zero-order chi connectivity index (χ0) is 12.5. The van der Waals surface area contributed by atoms with E-state index in [9.17, 15) is 0 Å². The molecule has 0 aliphatic carbocycles. The monoisotopic (exact) mass is 308 g/mol. The van der Waals surface area contributed by atoms with Crippen LogP contribution in [0.2, 0.25) is 0 Å². The molecule has 1 aromatic heterocycles. The van der Waals surface area contributed by atoms with Crippen LogP contribution in [0.1, 0.15) is 6.42 Å². The molecule has 1 aromatic carbocycles. The van der Waals surface area contributed by atoms with Gasteiger partial charge in [0.05, 0.1) is 5.52 Å². The van der Waals surface area contributed by atoms with Crippen LogP contribution in [0, 0.1) is 0 Å². The molecule has 1 aliphatic rings. The van der Waals surface area contributed by atoms with Gasteiger partial charge in [-0.3, -0.25) is 0 Å². The first-order chi connectivity index (χ1) is 8.77. The van der Waals surface area contributed by atoms with E-state index < -0.39 is 0 Å².